The minimum atomic E-state index is -1.03. The summed E-state index contributed by atoms with van der Waals surface area (Å²) in [5, 5.41) is 26.6. The average molecular weight is 527 g/mol. The molecule has 11 heteroatoms. The van der Waals surface area contributed by atoms with E-state index in [0.29, 0.717) is 36.9 Å². The van der Waals surface area contributed by atoms with Crippen LogP contribution in [0, 0.1) is 0 Å². The van der Waals surface area contributed by atoms with E-state index in [4.69, 9.17) is 17.2 Å². The number of unbranched alkanes of at least 4 members (excludes halogenated alkanes) is 1. The fourth-order valence-electron chi connectivity index (χ4n) is 4.54. The fourth-order valence-corrected chi connectivity index (χ4v) is 4.54. The van der Waals surface area contributed by atoms with Crippen molar-refractivity contribution in [2.24, 2.45) is 17.2 Å². The van der Waals surface area contributed by atoms with E-state index in [1.165, 1.54) is 24.1 Å². The first-order chi connectivity index (χ1) is 18.2. The number of phenolic OH excluding ortho intramolecular Hbond substituents is 2. The normalized spacial score (nSPS) is 20.3. The number of hydrogen-bond donors (Lipinski definition) is 7. The van der Waals surface area contributed by atoms with Crippen LogP contribution in [0.25, 0.3) is 11.1 Å². The Hall–Kier alpha value is -3.67. The quantitative estimate of drug-likeness (QED) is 0.239. The topological polar surface area (TPSA) is 197 Å². The molecule has 0 aromatic heterocycles. The van der Waals surface area contributed by atoms with Crippen LogP contribution in [0.15, 0.2) is 36.4 Å². The lowest BCUT2D eigenvalue weighted by Crippen LogP contribution is -2.57. The average Bonchev–Trinajstić information content (AvgIpc) is 2.90. The molecule has 2 aromatic carbocycles. The minimum absolute atomic E-state index is 0.00716. The van der Waals surface area contributed by atoms with E-state index in [1.54, 1.807) is 24.3 Å². The zero-order valence-electron chi connectivity index (χ0n) is 21.7. The van der Waals surface area contributed by atoms with Crippen LogP contribution in [0.5, 0.6) is 11.5 Å². The molecule has 0 saturated carbocycles. The first kappa shape index (κ1) is 28.9. The van der Waals surface area contributed by atoms with Crippen molar-refractivity contribution in [2.45, 2.75) is 50.2 Å². The highest BCUT2D eigenvalue weighted by Crippen LogP contribution is 2.31. The lowest BCUT2D eigenvalue weighted by molar-refractivity contribution is -0.142. The Morgan fingerprint density at radius 1 is 1.00 bits per heavy atom. The number of hydrogen-bond acceptors (Lipinski definition) is 8. The molecule has 0 fully saturated rings. The maximum Gasteiger partial charge on any atom is 0.245 e. The molecule has 0 radical (unpaired) electrons. The molecule has 1 aliphatic heterocycles. The Balaban J connectivity index is 2.11. The summed E-state index contributed by atoms with van der Waals surface area (Å²) in [5.41, 5.74) is 19.8. The van der Waals surface area contributed by atoms with Gasteiger partial charge in [-0.25, -0.2) is 0 Å². The maximum atomic E-state index is 13.7. The van der Waals surface area contributed by atoms with Gasteiger partial charge in [-0.05, 0) is 72.3 Å². The second-order valence-electron chi connectivity index (χ2n) is 9.59. The molecule has 1 heterocycles. The number of fused-ring (bicyclic) bond motifs is 5. The molecule has 3 rings (SSSR count). The summed E-state index contributed by atoms with van der Waals surface area (Å²) >= 11 is 0. The molecule has 2 aromatic rings. The van der Waals surface area contributed by atoms with Crippen LogP contribution < -0.4 is 27.8 Å². The van der Waals surface area contributed by atoms with Crippen molar-refractivity contribution in [3.8, 4) is 22.6 Å². The summed E-state index contributed by atoms with van der Waals surface area (Å²) in [4.78, 5) is 41.2. The number of aromatic hydroxyl groups is 2. The van der Waals surface area contributed by atoms with E-state index < -0.39 is 35.8 Å². The van der Waals surface area contributed by atoms with Gasteiger partial charge in [0.25, 0.3) is 0 Å². The monoisotopic (exact) mass is 526 g/mol. The van der Waals surface area contributed by atoms with Gasteiger partial charge in [0, 0.05) is 33.0 Å². The zero-order valence-corrected chi connectivity index (χ0v) is 21.7. The molecular weight excluding hydrogens is 488 g/mol. The summed E-state index contributed by atoms with van der Waals surface area (Å²) in [5.74, 6) is -1.48. The number of amides is 3. The number of rotatable bonds is 7. The molecule has 11 nitrogen and oxygen atoms in total. The number of nitrogens with two attached hydrogens (primary N) is 3. The molecule has 0 spiro atoms. The first-order valence-electron chi connectivity index (χ1n) is 12.8. The largest absolute Gasteiger partial charge is 0.508 e. The molecule has 3 atom stereocenters. The molecule has 4 bridgehead atoms. The van der Waals surface area contributed by atoms with Crippen LogP contribution in [-0.4, -0.2) is 77.6 Å². The van der Waals surface area contributed by atoms with Crippen LogP contribution >= 0.6 is 0 Å². The SMILES string of the molecule is CN1C(=O)[C@H](CCCCN)NC(=O)[C@@H](N)Cc2cc(ccc2O)-c2ccc(O)c(c2)C[C@H]1C(=O)NCCN. The molecule has 0 saturated heterocycles. The van der Waals surface area contributed by atoms with Crippen molar-refractivity contribution in [2.75, 3.05) is 26.7 Å². The van der Waals surface area contributed by atoms with Gasteiger partial charge in [0.05, 0.1) is 6.04 Å². The van der Waals surface area contributed by atoms with Gasteiger partial charge in [-0.15, -0.1) is 0 Å². The highest BCUT2D eigenvalue weighted by atomic mass is 16.3. The molecule has 10 N–H and O–H groups in total. The van der Waals surface area contributed by atoms with Gasteiger partial charge in [-0.3, -0.25) is 14.4 Å². The lowest BCUT2D eigenvalue weighted by Gasteiger charge is -2.31. The van der Waals surface area contributed by atoms with Gasteiger partial charge in [0.15, 0.2) is 0 Å². The molecular formula is C27H38N6O5. The van der Waals surface area contributed by atoms with Gasteiger partial charge in [-0.1, -0.05) is 12.1 Å². The molecule has 3 amide bonds. The number of nitrogens with zero attached hydrogens (tertiary/aromatic N) is 1. The van der Waals surface area contributed by atoms with E-state index in [0.717, 1.165) is 11.1 Å². The number of carbonyl (C=O) groups is 3. The Morgan fingerprint density at radius 2 is 1.61 bits per heavy atom. The number of phenols is 2. The number of carbonyl (C=O) groups excluding carboxylic acids is 3. The zero-order chi connectivity index (χ0) is 27.8. The lowest BCUT2D eigenvalue weighted by atomic mass is 9.95. The minimum Gasteiger partial charge on any atom is -0.508 e. The van der Waals surface area contributed by atoms with Crippen molar-refractivity contribution in [3.05, 3.63) is 47.5 Å². The molecule has 0 aliphatic carbocycles. The van der Waals surface area contributed by atoms with E-state index in [9.17, 15) is 24.6 Å². The number of nitrogens with one attached hydrogen (secondary N) is 2. The predicted octanol–water partition coefficient (Wildman–Crippen LogP) is -0.294. The standard InChI is InChI=1S/C27H38N6O5/c1-33-22(26(37)31-11-10-29)15-19-13-17(6-8-24(19)35)16-5-7-23(34)18(12-16)14-20(30)25(36)32-21(27(33)38)4-2-3-9-28/h5-8,12-13,20-22,34-35H,2-4,9-11,14-15,28-30H2,1H3,(H,31,37)(H,32,36)/t20-,21-,22-/m0/s1. The molecule has 0 unspecified atom stereocenters. The number of benzene rings is 2. The Bertz CT molecular complexity index is 1160. The van der Waals surface area contributed by atoms with Crippen molar-refractivity contribution in [1.29, 1.82) is 0 Å². The third kappa shape index (κ3) is 7.00. The van der Waals surface area contributed by atoms with Crippen molar-refractivity contribution in [1.82, 2.24) is 15.5 Å². The van der Waals surface area contributed by atoms with E-state index in [-0.39, 0.29) is 37.4 Å². The summed E-state index contributed by atoms with van der Waals surface area (Å²) < 4.78 is 0. The van der Waals surface area contributed by atoms with Gasteiger partial charge in [-0.2, -0.15) is 0 Å². The van der Waals surface area contributed by atoms with E-state index in [2.05, 4.69) is 10.6 Å². The van der Waals surface area contributed by atoms with Crippen LogP contribution in [0.2, 0.25) is 0 Å². The Kier molecular flexibility index (Phi) is 10.1. The van der Waals surface area contributed by atoms with Crippen LogP contribution in [0.1, 0.15) is 30.4 Å². The smallest absolute Gasteiger partial charge is 0.245 e. The van der Waals surface area contributed by atoms with Crippen LogP contribution in [0.3, 0.4) is 0 Å². The number of likely N-dealkylation sites (N-methyl/N-ethyl adjacent to an activating group) is 1. The molecule has 38 heavy (non-hydrogen) atoms. The van der Waals surface area contributed by atoms with Crippen molar-refractivity contribution >= 4 is 17.7 Å². The second kappa shape index (κ2) is 13.2. The summed E-state index contributed by atoms with van der Waals surface area (Å²) in [7, 11) is 1.50. The van der Waals surface area contributed by atoms with Gasteiger partial charge < -0.3 is 42.9 Å². The van der Waals surface area contributed by atoms with Crippen molar-refractivity contribution in [3.63, 3.8) is 0 Å². The third-order valence-corrected chi connectivity index (χ3v) is 6.81. The first-order valence-corrected chi connectivity index (χ1v) is 12.8. The third-order valence-electron chi connectivity index (χ3n) is 6.81. The highest BCUT2D eigenvalue weighted by molar-refractivity contribution is 5.93. The van der Waals surface area contributed by atoms with Gasteiger partial charge in [0.2, 0.25) is 17.7 Å². The fraction of sp³-hybridized carbons (Fsp3) is 0.444. The van der Waals surface area contributed by atoms with Crippen molar-refractivity contribution < 1.29 is 24.6 Å². The van der Waals surface area contributed by atoms with Gasteiger partial charge in [0.1, 0.15) is 23.6 Å². The maximum absolute atomic E-state index is 13.7. The van der Waals surface area contributed by atoms with E-state index >= 15 is 0 Å². The van der Waals surface area contributed by atoms with Gasteiger partial charge >= 0.3 is 0 Å². The summed E-state index contributed by atoms with van der Waals surface area (Å²) in [6.07, 6.45) is 1.59. The molecule has 206 valence electrons. The van der Waals surface area contributed by atoms with Crippen LogP contribution in [-0.2, 0) is 27.2 Å². The predicted molar refractivity (Wildman–Crippen MR) is 144 cm³/mol. The highest BCUT2D eigenvalue weighted by Gasteiger charge is 2.33. The summed E-state index contributed by atoms with van der Waals surface area (Å²) in [6.45, 7) is 0.862. The van der Waals surface area contributed by atoms with E-state index in [1.807, 2.05) is 0 Å². The second-order valence-corrected chi connectivity index (χ2v) is 9.59. The summed E-state index contributed by atoms with van der Waals surface area (Å²) in [6, 6.07) is 7.00. The Labute approximate surface area is 222 Å². The van der Waals surface area contributed by atoms with Crippen LogP contribution in [0.4, 0.5) is 0 Å². The molecule has 1 aliphatic rings. The Morgan fingerprint density at radius 3 is 2.18 bits per heavy atom.